The molecular weight excluding hydrogens is 456 g/mol. The molecule has 0 unspecified atom stereocenters. The van der Waals surface area contributed by atoms with E-state index in [0.29, 0.717) is 40.8 Å². The number of carbonyl (C=O) groups is 3. The van der Waals surface area contributed by atoms with Crippen LogP contribution >= 0.6 is 11.6 Å². The first kappa shape index (κ1) is 22.9. The Morgan fingerprint density at radius 1 is 0.912 bits per heavy atom. The summed E-state index contributed by atoms with van der Waals surface area (Å²) in [7, 11) is 0. The Labute approximate surface area is 200 Å². The number of aromatic nitrogens is 3. The first-order valence-corrected chi connectivity index (χ1v) is 10.9. The lowest BCUT2D eigenvalue weighted by Crippen LogP contribution is -2.37. The van der Waals surface area contributed by atoms with E-state index in [9.17, 15) is 14.4 Å². The van der Waals surface area contributed by atoms with Gasteiger partial charge in [0.2, 0.25) is 0 Å². The summed E-state index contributed by atoms with van der Waals surface area (Å²) < 4.78 is 0. The number of aromatic amines is 1. The number of nitrogens with zero attached hydrogens (tertiary/aromatic N) is 2. The van der Waals surface area contributed by atoms with Gasteiger partial charge in [-0.1, -0.05) is 29.8 Å². The molecule has 0 spiro atoms. The monoisotopic (exact) mass is 476 g/mol. The number of fused-ring (bicyclic) bond motifs is 1. The molecule has 2 aromatic heterocycles. The lowest BCUT2D eigenvalue weighted by Gasteiger charge is -2.09. The Bertz CT molecular complexity index is 1310. The molecule has 172 valence electrons. The van der Waals surface area contributed by atoms with Crippen LogP contribution in [0, 0.1) is 0 Å². The third-order valence-electron chi connectivity index (χ3n) is 4.90. The molecule has 0 aliphatic carbocycles. The summed E-state index contributed by atoms with van der Waals surface area (Å²) in [4.78, 5) is 48.0. The molecule has 4 N–H and O–H groups in total. The lowest BCUT2D eigenvalue weighted by molar-refractivity contribution is -0.136. The molecule has 34 heavy (non-hydrogen) atoms. The van der Waals surface area contributed by atoms with Crippen molar-refractivity contribution >= 4 is 46.0 Å². The largest absolute Gasteiger partial charge is 0.351 e. The van der Waals surface area contributed by atoms with Crippen molar-refractivity contribution in [2.75, 3.05) is 18.4 Å². The molecule has 0 saturated carbocycles. The fraction of sp³-hybridized carbons (Fsp3) is 0.125. The Hall–Kier alpha value is -4.24. The molecule has 2 aromatic carbocycles. The number of rotatable bonds is 7. The molecule has 2 heterocycles. The summed E-state index contributed by atoms with van der Waals surface area (Å²) in [5.74, 6) is -1.33. The van der Waals surface area contributed by atoms with Crippen LogP contribution in [0.1, 0.15) is 16.9 Å². The molecule has 0 saturated heterocycles. The van der Waals surface area contributed by atoms with Crippen LogP contribution in [0.25, 0.3) is 22.4 Å². The zero-order valence-electron chi connectivity index (χ0n) is 18.0. The summed E-state index contributed by atoms with van der Waals surface area (Å²) in [6.45, 7) is 0.551. The van der Waals surface area contributed by atoms with Gasteiger partial charge in [0.25, 0.3) is 5.91 Å². The van der Waals surface area contributed by atoms with E-state index in [4.69, 9.17) is 11.6 Å². The van der Waals surface area contributed by atoms with E-state index in [2.05, 4.69) is 30.9 Å². The van der Waals surface area contributed by atoms with Crippen molar-refractivity contribution in [3.63, 3.8) is 0 Å². The molecule has 0 aliphatic rings. The number of para-hydroxylation sites is 2. The fourth-order valence-corrected chi connectivity index (χ4v) is 3.42. The Morgan fingerprint density at radius 3 is 2.50 bits per heavy atom. The average molecular weight is 477 g/mol. The van der Waals surface area contributed by atoms with Crippen molar-refractivity contribution in [1.82, 2.24) is 25.6 Å². The summed E-state index contributed by atoms with van der Waals surface area (Å²) in [6.07, 6.45) is 1.99. The maximum absolute atomic E-state index is 12.3. The van der Waals surface area contributed by atoms with Crippen molar-refractivity contribution in [2.45, 2.75) is 6.42 Å². The van der Waals surface area contributed by atoms with Gasteiger partial charge in [-0.05, 0) is 48.9 Å². The van der Waals surface area contributed by atoms with E-state index in [-0.39, 0.29) is 12.5 Å². The Morgan fingerprint density at radius 2 is 1.71 bits per heavy atom. The van der Waals surface area contributed by atoms with E-state index in [1.807, 2.05) is 24.3 Å². The highest BCUT2D eigenvalue weighted by Gasteiger charge is 2.15. The number of H-pyrrole nitrogens is 1. The summed E-state index contributed by atoms with van der Waals surface area (Å²) in [5, 5.41) is 8.25. The first-order valence-electron chi connectivity index (χ1n) is 10.5. The number of imidazole rings is 1. The third kappa shape index (κ3) is 5.57. The number of benzene rings is 2. The van der Waals surface area contributed by atoms with Crippen molar-refractivity contribution < 1.29 is 14.4 Å². The molecule has 0 aliphatic heterocycles. The van der Waals surface area contributed by atoms with E-state index in [1.165, 1.54) is 6.20 Å². The topological polar surface area (TPSA) is 129 Å². The number of nitrogens with one attached hydrogen (secondary N) is 4. The predicted molar refractivity (Wildman–Crippen MR) is 129 cm³/mol. The molecule has 0 radical (unpaired) electrons. The van der Waals surface area contributed by atoms with Crippen LogP contribution in [0.5, 0.6) is 0 Å². The summed E-state index contributed by atoms with van der Waals surface area (Å²) in [5.41, 5.74) is 2.97. The van der Waals surface area contributed by atoms with Gasteiger partial charge in [0, 0.05) is 30.5 Å². The van der Waals surface area contributed by atoms with E-state index < -0.39 is 11.8 Å². The minimum atomic E-state index is -0.810. The van der Waals surface area contributed by atoms with Crippen LogP contribution in [0.15, 0.2) is 66.9 Å². The standard InChI is InChI=1S/C24H21ClN6O3/c25-17-10-9-15(14-16(17)21-30-18-6-1-2-7-19(18)31-21)29-24(34)23(33)28-13-5-12-27-22(32)20-8-3-4-11-26-20/h1-4,6-11,14H,5,12-13H2,(H,27,32)(H,28,33)(H,29,34)(H,30,31). The highest BCUT2D eigenvalue weighted by molar-refractivity contribution is 6.39. The van der Waals surface area contributed by atoms with Crippen LogP contribution < -0.4 is 16.0 Å². The summed E-state index contributed by atoms with van der Waals surface area (Å²) in [6, 6.07) is 17.5. The van der Waals surface area contributed by atoms with Crippen molar-refractivity contribution in [3.05, 3.63) is 77.6 Å². The lowest BCUT2D eigenvalue weighted by atomic mass is 10.2. The van der Waals surface area contributed by atoms with Crippen LogP contribution in [-0.2, 0) is 9.59 Å². The van der Waals surface area contributed by atoms with Crippen LogP contribution in [0.2, 0.25) is 5.02 Å². The second-order valence-corrected chi connectivity index (χ2v) is 7.74. The van der Waals surface area contributed by atoms with E-state index >= 15 is 0 Å². The number of halogens is 1. The SMILES string of the molecule is O=C(NCCCNC(=O)c1ccccn1)C(=O)Nc1ccc(Cl)c(-c2nc3ccccc3[nH]2)c1. The molecule has 4 rings (SSSR count). The smallest absolute Gasteiger partial charge is 0.313 e. The fourth-order valence-electron chi connectivity index (χ4n) is 3.21. The number of hydrogen-bond donors (Lipinski definition) is 4. The van der Waals surface area contributed by atoms with Gasteiger partial charge < -0.3 is 20.9 Å². The van der Waals surface area contributed by atoms with Gasteiger partial charge in [-0.3, -0.25) is 19.4 Å². The van der Waals surface area contributed by atoms with Crippen molar-refractivity contribution in [2.24, 2.45) is 0 Å². The van der Waals surface area contributed by atoms with Crippen LogP contribution in [0.3, 0.4) is 0 Å². The van der Waals surface area contributed by atoms with Gasteiger partial charge in [0.1, 0.15) is 11.5 Å². The first-order chi connectivity index (χ1) is 16.5. The van der Waals surface area contributed by atoms with Gasteiger partial charge in [-0.2, -0.15) is 0 Å². The maximum Gasteiger partial charge on any atom is 0.313 e. The number of anilines is 1. The molecule has 0 bridgehead atoms. The van der Waals surface area contributed by atoms with E-state index in [0.717, 1.165) is 11.0 Å². The van der Waals surface area contributed by atoms with Crippen LogP contribution in [0.4, 0.5) is 5.69 Å². The highest BCUT2D eigenvalue weighted by atomic mass is 35.5. The minimum absolute atomic E-state index is 0.222. The molecule has 4 aromatic rings. The third-order valence-corrected chi connectivity index (χ3v) is 5.23. The zero-order valence-corrected chi connectivity index (χ0v) is 18.7. The van der Waals surface area contributed by atoms with Gasteiger partial charge >= 0.3 is 11.8 Å². The molecule has 3 amide bonds. The molecule has 9 nitrogen and oxygen atoms in total. The normalized spacial score (nSPS) is 10.6. The predicted octanol–water partition coefficient (Wildman–Crippen LogP) is 3.15. The van der Waals surface area contributed by atoms with Gasteiger partial charge in [0.15, 0.2) is 0 Å². The molecule has 0 atom stereocenters. The zero-order chi connectivity index (χ0) is 23.9. The Kier molecular flexibility index (Phi) is 7.14. The minimum Gasteiger partial charge on any atom is -0.351 e. The molecule has 0 fully saturated rings. The van der Waals surface area contributed by atoms with Gasteiger partial charge in [-0.15, -0.1) is 0 Å². The second-order valence-electron chi connectivity index (χ2n) is 7.33. The highest BCUT2D eigenvalue weighted by Crippen LogP contribution is 2.30. The maximum atomic E-state index is 12.3. The van der Waals surface area contributed by atoms with Crippen LogP contribution in [-0.4, -0.2) is 45.8 Å². The van der Waals surface area contributed by atoms with Gasteiger partial charge in [0.05, 0.1) is 16.1 Å². The number of pyridine rings is 1. The Balaban J connectivity index is 1.28. The average Bonchev–Trinajstić information content (AvgIpc) is 3.29. The molecular formula is C24H21ClN6O3. The van der Waals surface area contributed by atoms with Crippen molar-refractivity contribution in [3.8, 4) is 11.4 Å². The summed E-state index contributed by atoms with van der Waals surface area (Å²) >= 11 is 6.33. The number of amides is 3. The second kappa shape index (κ2) is 10.6. The number of carbonyl (C=O) groups excluding carboxylic acids is 3. The van der Waals surface area contributed by atoms with Gasteiger partial charge in [-0.25, -0.2) is 4.98 Å². The number of hydrogen-bond acceptors (Lipinski definition) is 5. The van der Waals surface area contributed by atoms with Crippen molar-refractivity contribution in [1.29, 1.82) is 0 Å². The van der Waals surface area contributed by atoms with E-state index in [1.54, 1.807) is 36.4 Å². The molecule has 10 heteroatoms. The quantitative estimate of drug-likeness (QED) is 0.240.